The maximum atomic E-state index is 12.0. The lowest BCUT2D eigenvalue weighted by molar-refractivity contribution is -0.140. The van der Waals surface area contributed by atoms with E-state index >= 15 is 0 Å². The summed E-state index contributed by atoms with van der Waals surface area (Å²) in [6, 6.07) is 6.34. The van der Waals surface area contributed by atoms with Crippen LogP contribution < -0.4 is 5.32 Å². The van der Waals surface area contributed by atoms with Crippen molar-refractivity contribution >= 4 is 23.7 Å². The lowest BCUT2D eigenvalue weighted by Gasteiger charge is -2.19. The first-order valence-electron chi connectivity index (χ1n) is 6.39. The number of rotatable bonds is 6. The Morgan fingerprint density at radius 3 is 2.19 bits per heavy atom. The molecule has 0 saturated heterocycles. The van der Waals surface area contributed by atoms with Crippen LogP contribution in [0.25, 0.3) is 0 Å². The van der Waals surface area contributed by atoms with Crippen molar-refractivity contribution in [2.24, 2.45) is 0 Å². The summed E-state index contributed by atoms with van der Waals surface area (Å²) in [5.74, 6) is -2.28. The summed E-state index contributed by atoms with van der Waals surface area (Å²) in [4.78, 5) is 34.0. The average Bonchev–Trinajstić information content (AvgIpc) is 2.37. The minimum absolute atomic E-state index is 0.274. The molecule has 1 rings (SSSR count). The molecule has 0 aromatic heterocycles. The van der Waals surface area contributed by atoms with Crippen LogP contribution in [-0.4, -0.2) is 46.2 Å². The van der Waals surface area contributed by atoms with Crippen molar-refractivity contribution in [3.05, 3.63) is 29.8 Å². The molecule has 1 aromatic carbocycles. The van der Waals surface area contributed by atoms with Crippen LogP contribution in [0.2, 0.25) is 0 Å². The third-order valence-electron chi connectivity index (χ3n) is 2.74. The van der Waals surface area contributed by atoms with Crippen LogP contribution in [0, 0.1) is 0 Å². The molecule has 0 aliphatic rings. The Hall–Kier alpha value is -2.57. The third-order valence-corrected chi connectivity index (χ3v) is 2.74. The van der Waals surface area contributed by atoms with Crippen molar-refractivity contribution in [3.8, 4) is 0 Å². The zero-order valence-corrected chi connectivity index (χ0v) is 11.9. The molecule has 1 aromatic rings. The van der Waals surface area contributed by atoms with Crippen LogP contribution in [0.1, 0.15) is 25.3 Å². The normalized spacial score (nSPS) is 10.2. The number of benzene rings is 1. The standard InChI is InChI=1S/C14H18N2O5/c1-9(2)10-4-3-5-11(6-10)15-14(21)16(7-12(17)18)8-13(19)20/h3-6,9H,7-8H2,1-2H3,(H,15,21)(H,17,18)(H,19,20). The number of carboxylic acid groups (broad SMARTS) is 2. The van der Waals surface area contributed by atoms with E-state index in [0.717, 1.165) is 5.56 Å². The van der Waals surface area contributed by atoms with Gasteiger partial charge in [0.25, 0.3) is 0 Å². The van der Waals surface area contributed by atoms with Crippen molar-refractivity contribution in [2.45, 2.75) is 19.8 Å². The summed E-state index contributed by atoms with van der Waals surface area (Å²) in [7, 11) is 0. The first kappa shape index (κ1) is 16.5. The fourth-order valence-electron chi connectivity index (χ4n) is 1.70. The molecule has 7 nitrogen and oxygen atoms in total. The van der Waals surface area contributed by atoms with Gasteiger partial charge in [0.2, 0.25) is 0 Å². The highest BCUT2D eigenvalue weighted by Gasteiger charge is 2.19. The zero-order valence-electron chi connectivity index (χ0n) is 11.9. The Balaban J connectivity index is 2.82. The summed E-state index contributed by atoms with van der Waals surface area (Å²) < 4.78 is 0. The number of nitrogens with one attached hydrogen (secondary N) is 1. The molecule has 0 radical (unpaired) electrons. The van der Waals surface area contributed by atoms with E-state index in [9.17, 15) is 14.4 Å². The number of hydrogen-bond donors (Lipinski definition) is 3. The van der Waals surface area contributed by atoms with Gasteiger partial charge in [0, 0.05) is 5.69 Å². The number of aliphatic carboxylic acids is 2. The highest BCUT2D eigenvalue weighted by atomic mass is 16.4. The lowest BCUT2D eigenvalue weighted by Crippen LogP contribution is -2.41. The van der Waals surface area contributed by atoms with E-state index in [-0.39, 0.29) is 5.92 Å². The molecular formula is C14H18N2O5. The molecule has 0 spiro atoms. The summed E-state index contributed by atoms with van der Waals surface area (Å²) in [6.07, 6.45) is 0. The summed E-state index contributed by atoms with van der Waals surface area (Å²) in [5, 5.41) is 19.9. The van der Waals surface area contributed by atoms with Gasteiger partial charge in [0.15, 0.2) is 0 Å². The van der Waals surface area contributed by atoms with Gasteiger partial charge in [0.1, 0.15) is 13.1 Å². The van der Waals surface area contributed by atoms with Gasteiger partial charge in [-0.1, -0.05) is 26.0 Å². The van der Waals surface area contributed by atoms with E-state index in [0.29, 0.717) is 10.6 Å². The van der Waals surface area contributed by atoms with Crippen LogP contribution in [0.4, 0.5) is 10.5 Å². The number of hydrogen-bond acceptors (Lipinski definition) is 3. The molecule has 0 atom stereocenters. The van der Waals surface area contributed by atoms with Crippen molar-refractivity contribution in [3.63, 3.8) is 0 Å². The van der Waals surface area contributed by atoms with Gasteiger partial charge in [0.05, 0.1) is 0 Å². The largest absolute Gasteiger partial charge is 0.480 e. The highest BCUT2D eigenvalue weighted by molar-refractivity contribution is 5.93. The van der Waals surface area contributed by atoms with E-state index < -0.39 is 31.1 Å². The third kappa shape index (κ3) is 5.52. The summed E-state index contributed by atoms with van der Waals surface area (Å²) >= 11 is 0. The lowest BCUT2D eigenvalue weighted by atomic mass is 10.0. The molecule has 0 saturated carbocycles. The first-order chi connectivity index (χ1) is 9.79. The van der Waals surface area contributed by atoms with Gasteiger partial charge in [-0.25, -0.2) is 4.79 Å². The van der Waals surface area contributed by atoms with Crippen molar-refractivity contribution in [1.82, 2.24) is 4.90 Å². The van der Waals surface area contributed by atoms with Crippen LogP contribution in [-0.2, 0) is 9.59 Å². The molecule has 0 aliphatic heterocycles. The Labute approximate surface area is 122 Å². The molecule has 0 heterocycles. The zero-order chi connectivity index (χ0) is 16.0. The molecule has 0 fully saturated rings. The molecule has 21 heavy (non-hydrogen) atoms. The van der Waals surface area contributed by atoms with Crippen LogP contribution in [0.5, 0.6) is 0 Å². The summed E-state index contributed by atoms with van der Waals surface area (Å²) in [5.41, 5.74) is 1.50. The fraction of sp³-hybridized carbons (Fsp3) is 0.357. The number of nitrogens with zero attached hydrogens (tertiary/aromatic N) is 1. The van der Waals surface area contributed by atoms with E-state index in [1.165, 1.54) is 0 Å². The van der Waals surface area contributed by atoms with Gasteiger partial charge in [-0.2, -0.15) is 0 Å². The minimum Gasteiger partial charge on any atom is -0.480 e. The van der Waals surface area contributed by atoms with E-state index in [1.807, 2.05) is 19.9 Å². The molecule has 0 unspecified atom stereocenters. The van der Waals surface area contributed by atoms with Crippen LogP contribution in [0.15, 0.2) is 24.3 Å². The number of carboxylic acids is 2. The van der Waals surface area contributed by atoms with Crippen LogP contribution >= 0.6 is 0 Å². The molecule has 0 bridgehead atoms. The molecule has 114 valence electrons. The van der Waals surface area contributed by atoms with Crippen molar-refractivity contribution < 1.29 is 24.6 Å². The topological polar surface area (TPSA) is 107 Å². The van der Waals surface area contributed by atoms with Gasteiger partial charge in [-0.05, 0) is 23.6 Å². The quantitative estimate of drug-likeness (QED) is 0.741. The second-order valence-electron chi connectivity index (χ2n) is 4.85. The van der Waals surface area contributed by atoms with Crippen molar-refractivity contribution in [2.75, 3.05) is 18.4 Å². The van der Waals surface area contributed by atoms with E-state index in [1.54, 1.807) is 18.2 Å². The van der Waals surface area contributed by atoms with Crippen LogP contribution in [0.3, 0.4) is 0 Å². The van der Waals surface area contributed by atoms with Gasteiger partial charge in [-0.15, -0.1) is 0 Å². The molecule has 3 N–H and O–H groups in total. The Morgan fingerprint density at radius 1 is 1.14 bits per heavy atom. The minimum atomic E-state index is -1.28. The van der Waals surface area contributed by atoms with Gasteiger partial charge in [-0.3, -0.25) is 9.59 Å². The maximum absolute atomic E-state index is 12.0. The van der Waals surface area contributed by atoms with Gasteiger partial charge < -0.3 is 20.4 Å². The first-order valence-corrected chi connectivity index (χ1v) is 6.39. The fourth-order valence-corrected chi connectivity index (χ4v) is 1.70. The molecule has 7 heteroatoms. The van der Waals surface area contributed by atoms with E-state index in [4.69, 9.17) is 10.2 Å². The number of urea groups is 1. The predicted molar refractivity (Wildman–Crippen MR) is 76.4 cm³/mol. The summed E-state index contributed by atoms with van der Waals surface area (Å²) in [6.45, 7) is 2.65. The smallest absolute Gasteiger partial charge is 0.323 e. The maximum Gasteiger partial charge on any atom is 0.323 e. The molecule has 0 aliphatic carbocycles. The van der Waals surface area contributed by atoms with Gasteiger partial charge >= 0.3 is 18.0 Å². The number of anilines is 1. The molecule has 2 amide bonds. The number of carbonyl (C=O) groups excluding carboxylic acids is 1. The van der Waals surface area contributed by atoms with E-state index in [2.05, 4.69) is 5.32 Å². The average molecular weight is 294 g/mol. The Bertz CT molecular complexity index is 526. The number of amides is 2. The van der Waals surface area contributed by atoms with Crippen molar-refractivity contribution in [1.29, 1.82) is 0 Å². The highest BCUT2D eigenvalue weighted by Crippen LogP contribution is 2.18. The predicted octanol–water partition coefficient (Wildman–Crippen LogP) is 1.81. The Morgan fingerprint density at radius 2 is 1.71 bits per heavy atom. The molecular weight excluding hydrogens is 276 g/mol. The number of carbonyl (C=O) groups is 3. The second kappa shape index (κ2) is 7.28. The Kier molecular flexibility index (Phi) is 5.71. The second-order valence-corrected chi connectivity index (χ2v) is 4.85. The monoisotopic (exact) mass is 294 g/mol. The SMILES string of the molecule is CC(C)c1cccc(NC(=O)N(CC(=O)O)CC(=O)O)c1.